The molecular weight excluding hydrogens is 267 g/mol. The number of rotatable bonds is 4. The van der Waals surface area contributed by atoms with E-state index < -0.39 is 5.82 Å². The van der Waals surface area contributed by atoms with Crippen LogP contribution in [-0.2, 0) is 13.5 Å². The zero-order valence-corrected chi connectivity index (χ0v) is 11.6. The Morgan fingerprint density at radius 2 is 2.21 bits per heavy atom. The van der Waals surface area contributed by atoms with Crippen LogP contribution in [0.25, 0.3) is 0 Å². The second-order valence-corrected chi connectivity index (χ2v) is 4.72. The molecule has 3 N–H and O–H groups in total. The first kappa shape index (κ1) is 13.7. The van der Waals surface area contributed by atoms with Crippen LogP contribution in [0, 0.1) is 5.82 Å². The fourth-order valence-corrected chi connectivity index (χ4v) is 2.07. The lowest BCUT2D eigenvalue weighted by atomic mass is 10.2. The van der Waals surface area contributed by atoms with E-state index in [0.29, 0.717) is 11.5 Å². The summed E-state index contributed by atoms with van der Waals surface area (Å²) in [5.74, 6) is 0.0754. The highest BCUT2D eigenvalue weighted by Gasteiger charge is 2.15. The number of hydrogen-bond donors (Lipinski definition) is 2. The lowest BCUT2D eigenvalue weighted by Crippen LogP contribution is -2.03. The van der Waals surface area contributed by atoms with Crippen LogP contribution >= 0.6 is 11.6 Å². The van der Waals surface area contributed by atoms with Gasteiger partial charge in [-0.05, 0) is 18.6 Å². The number of nitrogens with two attached hydrogens (primary N) is 1. The Bertz CT molecular complexity index is 595. The van der Waals surface area contributed by atoms with E-state index in [1.54, 1.807) is 23.9 Å². The minimum absolute atomic E-state index is 0.0690. The van der Waals surface area contributed by atoms with Crippen LogP contribution in [-0.4, -0.2) is 9.78 Å². The molecule has 19 heavy (non-hydrogen) atoms. The molecule has 0 saturated carbocycles. The van der Waals surface area contributed by atoms with Crippen molar-refractivity contribution in [2.24, 2.45) is 7.05 Å². The zero-order chi connectivity index (χ0) is 14.0. The van der Waals surface area contributed by atoms with Crippen LogP contribution in [0.3, 0.4) is 0 Å². The molecule has 0 bridgehead atoms. The fourth-order valence-electron chi connectivity index (χ4n) is 1.89. The van der Waals surface area contributed by atoms with Crippen molar-refractivity contribution >= 4 is 28.8 Å². The first-order valence-electron chi connectivity index (χ1n) is 6.07. The molecule has 2 rings (SSSR count). The highest BCUT2D eigenvalue weighted by molar-refractivity contribution is 6.31. The number of nitrogens with one attached hydrogen (secondary N) is 1. The molecule has 0 aliphatic carbocycles. The second kappa shape index (κ2) is 5.48. The Kier molecular flexibility index (Phi) is 3.95. The predicted molar refractivity (Wildman–Crippen MR) is 76.3 cm³/mol. The van der Waals surface area contributed by atoms with Crippen molar-refractivity contribution in [3.63, 3.8) is 0 Å². The number of halogens is 2. The fraction of sp³-hybridized carbons (Fsp3) is 0.308. The Labute approximate surface area is 116 Å². The quantitative estimate of drug-likeness (QED) is 0.902. The minimum atomic E-state index is -0.498. The van der Waals surface area contributed by atoms with Gasteiger partial charge in [0, 0.05) is 7.05 Å². The Hall–Kier alpha value is -1.75. The van der Waals surface area contributed by atoms with Gasteiger partial charge in [0.25, 0.3) is 0 Å². The maximum absolute atomic E-state index is 13.8. The summed E-state index contributed by atoms with van der Waals surface area (Å²) in [7, 11) is 1.76. The van der Waals surface area contributed by atoms with Crippen molar-refractivity contribution in [2.75, 3.05) is 11.1 Å². The van der Waals surface area contributed by atoms with Crippen LogP contribution in [0.4, 0.5) is 21.6 Å². The highest BCUT2D eigenvalue weighted by atomic mass is 35.5. The monoisotopic (exact) mass is 282 g/mol. The van der Waals surface area contributed by atoms with E-state index in [0.717, 1.165) is 18.5 Å². The maximum Gasteiger partial charge on any atom is 0.165 e. The molecule has 2 aromatic rings. The number of hydrogen-bond acceptors (Lipinski definition) is 3. The van der Waals surface area contributed by atoms with Gasteiger partial charge in [-0.25, -0.2) is 4.39 Å². The molecule has 0 aliphatic heterocycles. The number of aryl methyl sites for hydroxylation is 2. The van der Waals surface area contributed by atoms with Crippen molar-refractivity contribution in [2.45, 2.75) is 19.8 Å². The molecule has 6 heteroatoms. The van der Waals surface area contributed by atoms with E-state index in [4.69, 9.17) is 17.3 Å². The molecule has 0 radical (unpaired) electrons. The summed E-state index contributed by atoms with van der Waals surface area (Å²) in [6.45, 7) is 2.05. The first-order chi connectivity index (χ1) is 9.04. The SMILES string of the molecule is CCCc1nn(C)c(Nc2cccc(Cl)c2F)c1N. The molecule has 1 heterocycles. The van der Waals surface area contributed by atoms with Gasteiger partial charge in [0.1, 0.15) is 0 Å². The number of aromatic nitrogens is 2. The Morgan fingerprint density at radius 1 is 1.47 bits per heavy atom. The van der Waals surface area contributed by atoms with Gasteiger partial charge < -0.3 is 11.1 Å². The summed E-state index contributed by atoms with van der Waals surface area (Å²) in [5, 5.41) is 7.34. The number of nitrogens with zero attached hydrogens (tertiary/aromatic N) is 2. The van der Waals surface area contributed by atoms with Crippen LogP contribution in [0.2, 0.25) is 5.02 Å². The molecule has 0 aliphatic rings. The van der Waals surface area contributed by atoms with E-state index in [1.807, 2.05) is 0 Å². The summed E-state index contributed by atoms with van der Waals surface area (Å²) in [6, 6.07) is 4.78. The number of benzene rings is 1. The Morgan fingerprint density at radius 3 is 2.89 bits per heavy atom. The second-order valence-electron chi connectivity index (χ2n) is 4.31. The van der Waals surface area contributed by atoms with Crippen LogP contribution in [0.15, 0.2) is 18.2 Å². The van der Waals surface area contributed by atoms with Crippen LogP contribution in [0.1, 0.15) is 19.0 Å². The van der Waals surface area contributed by atoms with E-state index >= 15 is 0 Å². The van der Waals surface area contributed by atoms with Gasteiger partial charge in [0.2, 0.25) is 0 Å². The molecule has 0 spiro atoms. The van der Waals surface area contributed by atoms with Gasteiger partial charge in [-0.3, -0.25) is 4.68 Å². The molecule has 0 amide bonds. The van der Waals surface area contributed by atoms with Gasteiger partial charge in [-0.15, -0.1) is 0 Å². The van der Waals surface area contributed by atoms with E-state index in [1.165, 1.54) is 6.07 Å². The molecule has 1 aromatic heterocycles. The van der Waals surface area contributed by atoms with Crippen molar-refractivity contribution in [3.8, 4) is 0 Å². The first-order valence-corrected chi connectivity index (χ1v) is 6.44. The molecule has 0 fully saturated rings. The summed E-state index contributed by atoms with van der Waals surface area (Å²) in [5.41, 5.74) is 7.67. The third-order valence-electron chi connectivity index (χ3n) is 2.85. The summed E-state index contributed by atoms with van der Waals surface area (Å²) in [4.78, 5) is 0. The van der Waals surface area contributed by atoms with Crippen LogP contribution in [0.5, 0.6) is 0 Å². The normalized spacial score (nSPS) is 10.7. The minimum Gasteiger partial charge on any atom is -0.394 e. The predicted octanol–water partition coefficient (Wildman–Crippen LogP) is 3.49. The van der Waals surface area contributed by atoms with E-state index in [9.17, 15) is 4.39 Å². The van der Waals surface area contributed by atoms with Gasteiger partial charge in [-0.1, -0.05) is 31.0 Å². The Balaban J connectivity index is 2.36. The summed E-state index contributed by atoms with van der Waals surface area (Å²) < 4.78 is 15.5. The molecule has 0 unspecified atom stereocenters. The topological polar surface area (TPSA) is 55.9 Å². The standard InChI is InChI=1S/C13H16ClFN4/c1-3-5-10-12(16)13(19(2)18-10)17-9-7-4-6-8(14)11(9)15/h4,6-7,17H,3,5,16H2,1-2H3. The molecule has 4 nitrogen and oxygen atoms in total. The van der Waals surface area contributed by atoms with Gasteiger partial charge in [0.05, 0.1) is 22.1 Å². The number of nitrogen functional groups attached to an aromatic ring is 1. The molecule has 102 valence electrons. The molecular formula is C13H16ClFN4. The van der Waals surface area contributed by atoms with Crippen molar-refractivity contribution < 1.29 is 4.39 Å². The maximum atomic E-state index is 13.8. The third-order valence-corrected chi connectivity index (χ3v) is 3.14. The molecule has 1 aromatic carbocycles. The van der Waals surface area contributed by atoms with Crippen molar-refractivity contribution in [1.29, 1.82) is 0 Å². The van der Waals surface area contributed by atoms with Crippen molar-refractivity contribution in [3.05, 3.63) is 34.7 Å². The largest absolute Gasteiger partial charge is 0.394 e. The molecule has 0 saturated heterocycles. The molecule has 0 atom stereocenters. The average molecular weight is 283 g/mol. The van der Waals surface area contributed by atoms with E-state index in [2.05, 4.69) is 17.3 Å². The van der Waals surface area contributed by atoms with Gasteiger partial charge in [-0.2, -0.15) is 5.10 Å². The summed E-state index contributed by atoms with van der Waals surface area (Å²) in [6.07, 6.45) is 1.74. The van der Waals surface area contributed by atoms with Crippen LogP contribution < -0.4 is 11.1 Å². The zero-order valence-electron chi connectivity index (χ0n) is 10.9. The number of anilines is 3. The van der Waals surface area contributed by atoms with Gasteiger partial charge >= 0.3 is 0 Å². The third kappa shape index (κ3) is 2.66. The van der Waals surface area contributed by atoms with Crippen molar-refractivity contribution in [1.82, 2.24) is 9.78 Å². The summed E-state index contributed by atoms with van der Waals surface area (Å²) >= 11 is 5.75. The van der Waals surface area contributed by atoms with Gasteiger partial charge in [0.15, 0.2) is 11.6 Å². The smallest absolute Gasteiger partial charge is 0.165 e. The lowest BCUT2D eigenvalue weighted by Gasteiger charge is -2.09. The lowest BCUT2D eigenvalue weighted by molar-refractivity contribution is 0.631. The average Bonchev–Trinajstić information content (AvgIpc) is 2.63. The highest BCUT2D eigenvalue weighted by Crippen LogP contribution is 2.29. The van der Waals surface area contributed by atoms with E-state index in [-0.39, 0.29) is 10.7 Å².